The number of halogens is 2. The van der Waals surface area contributed by atoms with E-state index in [0.717, 1.165) is 0 Å². The zero-order valence-corrected chi connectivity index (χ0v) is 9.55. The van der Waals surface area contributed by atoms with E-state index in [1.54, 1.807) is 6.07 Å². The summed E-state index contributed by atoms with van der Waals surface area (Å²) in [5.41, 5.74) is 0.523. The molecule has 1 aromatic rings. The fraction of sp³-hybridized carbons (Fsp3) is 0.400. The summed E-state index contributed by atoms with van der Waals surface area (Å²) in [6, 6.07) is 2.65. The lowest BCUT2D eigenvalue weighted by Gasteiger charge is -2.25. The number of hydrogen-bond donors (Lipinski definition) is 2. The second-order valence-corrected chi connectivity index (χ2v) is 4.23. The van der Waals surface area contributed by atoms with Crippen LogP contribution in [0.1, 0.15) is 11.6 Å². The van der Waals surface area contributed by atoms with Crippen LogP contribution in [0, 0.1) is 5.82 Å². The molecule has 2 N–H and O–H groups in total. The normalized spacial score (nSPS) is 21.6. The van der Waals surface area contributed by atoms with E-state index in [-0.39, 0.29) is 11.8 Å². The first kappa shape index (κ1) is 10.9. The molecule has 0 spiro atoms. The Kier molecular flexibility index (Phi) is 3.23. The molecule has 5 heteroatoms. The minimum atomic E-state index is -0.611. The average Bonchev–Trinajstić information content (AvgIpc) is 2.26. The number of hydrogen-bond acceptors (Lipinski definition) is 3. The third-order valence-electron chi connectivity index (χ3n) is 2.38. The molecule has 0 radical (unpaired) electrons. The Morgan fingerprint density at radius 1 is 1.53 bits per heavy atom. The van der Waals surface area contributed by atoms with Crippen molar-refractivity contribution in [1.82, 2.24) is 5.32 Å². The fourth-order valence-corrected chi connectivity index (χ4v) is 2.24. The van der Waals surface area contributed by atoms with E-state index >= 15 is 0 Å². The van der Waals surface area contributed by atoms with Crippen LogP contribution in [-0.4, -0.2) is 24.9 Å². The Labute approximate surface area is 95.4 Å². The Morgan fingerprint density at radius 3 is 3.00 bits per heavy atom. The quantitative estimate of drug-likeness (QED) is 0.823. The second kappa shape index (κ2) is 4.47. The summed E-state index contributed by atoms with van der Waals surface area (Å²) in [6.45, 7) is 1.78. The smallest absolute Gasteiger partial charge is 0.165 e. The van der Waals surface area contributed by atoms with E-state index in [1.165, 1.54) is 6.07 Å². The van der Waals surface area contributed by atoms with Gasteiger partial charge in [0.2, 0.25) is 0 Å². The van der Waals surface area contributed by atoms with Crippen molar-refractivity contribution in [3.63, 3.8) is 0 Å². The number of nitrogens with one attached hydrogen (secondary N) is 1. The molecule has 2 rings (SSSR count). The van der Waals surface area contributed by atoms with Crippen LogP contribution in [0.3, 0.4) is 0 Å². The van der Waals surface area contributed by atoms with Crippen molar-refractivity contribution >= 4 is 15.9 Å². The van der Waals surface area contributed by atoms with Gasteiger partial charge in [0.15, 0.2) is 11.6 Å². The molecule has 1 atom stereocenters. The molecule has 0 saturated carbocycles. The van der Waals surface area contributed by atoms with Crippen molar-refractivity contribution in [3.8, 4) is 5.75 Å². The molecule has 82 valence electrons. The Balaban J connectivity index is 2.36. The fourth-order valence-electron chi connectivity index (χ4n) is 1.64. The van der Waals surface area contributed by atoms with E-state index < -0.39 is 5.82 Å². The first-order chi connectivity index (χ1) is 7.20. The maximum atomic E-state index is 13.2. The molecular weight excluding hydrogens is 265 g/mol. The van der Waals surface area contributed by atoms with Gasteiger partial charge in [-0.25, -0.2) is 4.39 Å². The molecule has 0 amide bonds. The van der Waals surface area contributed by atoms with E-state index in [1.807, 2.05) is 0 Å². The van der Waals surface area contributed by atoms with Gasteiger partial charge in [-0.05, 0) is 12.1 Å². The minimum absolute atomic E-state index is 0.163. The molecule has 0 unspecified atom stereocenters. The van der Waals surface area contributed by atoms with Crippen molar-refractivity contribution < 1.29 is 14.2 Å². The predicted molar refractivity (Wildman–Crippen MR) is 57.3 cm³/mol. The highest BCUT2D eigenvalue weighted by Crippen LogP contribution is 2.34. The Morgan fingerprint density at radius 2 is 2.33 bits per heavy atom. The maximum absolute atomic E-state index is 13.2. The summed E-state index contributed by atoms with van der Waals surface area (Å²) in [6.07, 6.45) is 0. The molecule has 1 aromatic carbocycles. The average molecular weight is 276 g/mol. The third kappa shape index (κ3) is 2.14. The molecular formula is C10H11BrFNO2. The van der Waals surface area contributed by atoms with E-state index in [0.29, 0.717) is 29.8 Å². The molecule has 0 aromatic heterocycles. The first-order valence-electron chi connectivity index (χ1n) is 4.68. The van der Waals surface area contributed by atoms with Crippen LogP contribution in [0.4, 0.5) is 4.39 Å². The van der Waals surface area contributed by atoms with Crippen LogP contribution in [0.15, 0.2) is 16.6 Å². The number of morpholine rings is 1. The lowest BCUT2D eigenvalue weighted by molar-refractivity contribution is 0.0757. The summed E-state index contributed by atoms with van der Waals surface area (Å²) >= 11 is 3.29. The number of benzene rings is 1. The molecule has 1 heterocycles. The zero-order chi connectivity index (χ0) is 10.8. The van der Waals surface area contributed by atoms with Gasteiger partial charge in [0.25, 0.3) is 0 Å². The van der Waals surface area contributed by atoms with Crippen LogP contribution in [0.2, 0.25) is 0 Å². The monoisotopic (exact) mass is 275 g/mol. The summed E-state index contributed by atoms with van der Waals surface area (Å²) in [7, 11) is 0. The molecule has 3 nitrogen and oxygen atoms in total. The van der Waals surface area contributed by atoms with E-state index in [4.69, 9.17) is 4.74 Å². The van der Waals surface area contributed by atoms with Crippen molar-refractivity contribution in [1.29, 1.82) is 0 Å². The van der Waals surface area contributed by atoms with Gasteiger partial charge in [0.05, 0.1) is 19.3 Å². The van der Waals surface area contributed by atoms with Gasteiger partial charge in [-0.1, -0.05) is 15.9 Å². The van der Waals surface area contributed by atoms with E-state index in [9.17, 15) is 9.50 Å². The molecule has 0 bridgehead atoms. The van der Waals surface area contributed by atoms with Gasteiger partial charge in [0.1, 0.15) is 0 Å². The number of phenols is 1. The maximum Gasteiger partial charge on any atom is 0.165 e. The van der Waals surface area contributed by atoms with Crippen molar-refractivity contribution in [2.75, 3.05) is 19.8 Å². The van der Waals surface area contributed by atoms with Crippen molar-refractivity contribution in [3.05, 3.63) is 28.0 Å². The molecule has 0 aliphatic carbocycles. The van der Waals surface area contributed by atoms with Gasteiger partial charge < -0.3 is 15.2 Å². The summed E-state index contributed by atoms with van der Waals surface area (Å²) in [5, 5.41) is 12.8. The Hall–Kier alpha value is -0.650. The molecule has 1 fully saturated rings. The van der Waals surface area contributed by atoms with Crippen LogP contribution in [-0.2, 0) is 4.74 Å². The van der Waals surface area contributed by atoms with Gasteiger partial charge in [-0.2, -0.15) is 0 Å². The molecule has 1 aliphatic heterocycles. The van der Waals surface area contributed by atoms with Crippen LogP contribution in [0.25, 0.3) is 0 Å². The summed E-state index contributed by atoms with van der Waals surface area (Å²) in [5.74, 6) is -0.923. The first-order valence-corrected chi connectivity index (χ1v) is 5.47. The second-order valence-electron chi connectivity index (χ2n) is 3.37. The number of rotatable bonds is 1. The van der Waals surface area contributed by atoms with Gasteiger partial charge in [-0.15, -0.1) is 0 Å². The SMILES string of the molecule is Oc1c(F)ccc(Br)c1[C@H]1COCCN1. The zero-order valence-electron chi connectivity index (χ0n) is 7.96. The molecule has 1 saturated heterocycles. The predicted octanol–water partition coefficient (Wildman–Crippen LogP) is 1.95. The van der Waals surface area contributed by atoms with Crippen LogP contribution in [0.5, 0.6) is 5.75 Å². The van der Waals surface area contributed by atoms with Crippen molar-refractivity contribution in [2.45, 2.75) is 6.04 Å². The number of phenolic OH excluding ortho intramolecular Hbond substituents is 1. The summed E-state index contributed by atoms with van der Waals surface area (Å²) in [4.78, 5) is 0. The highest BCUT2D eigenvalue weighted by Gasteiger charge is 2.22. The molecule has 15 heavy (non-hydrogen) atoms. The third-order valence-corrected chi connectivity index (χ3v) is 3.08. The van der Waals surface area contributed by atoms with Gasteiger partial charge in [0, 0.05) is 16.6 Å². The summed E-state index contributed by atoms with van der Waals surface area (Å²) < 4.78 is 19.1. The topological polar surface area (TPSA) is 41.5 Å². The highest BCUT2D eigenvalue weighted by atomic mass is 79.9. The highest BCUT2D eigenvalue weighted by molar-refractivity contribution is 9.10. The number of ether oxygens (including phenoxy) is 1. The largest absolute Gasteiger partial charge is 0.505 e. The Bertz CT molecular complexity index is 367. The lowest BCUT2D eigenvalue weighted by atomic mass is 10.1. The lowest BCUT2D eigenvalue weighted by Crippen LogP contribution is -2.34. The number of aromatic hydroxyl groups is 1. The van der Waals surface area contributed by atoms with Crippen LogP contribution < -0.4 is 5.32 Å². The van der Waals surface area contributed by atoms with Crippen LogP contribution >= 0.6 is 15.9 Å². The van der Waals surface area contributed by atoms with Gasteiger partial charge >= 0.3 is 0 Å². The molecule has 1 aliphatic rings. The standard InChI is InChI=1S/C10H11BrFNO2/c11-6-1-2-7(12)10(14)9(6)8-5-15-4-3-13-8/h1-2,8,13-14H,3-5H2/t8-/m1/s1. The van der Waals surface area contributed by atoms with Crippen molar-refractivity contribution in [2.24, 2.45) is 0 Å². The van der Waals surface area contributed by atoms with Gasteiger partial charge in [-0.3, -0.25) is 0 Å². The van der Waals surface area contributed by atoms with E-state index in [2.05, 4.69) is 21.2 Å². The minimum Gasteiger partial charge on any atom is -0.505 e.